The summed E-state index contributed by atoms with van der Waals surface area (Å²) in [7, 11) is 0. The molecule has 0 unspecified atom stereocenters. The number of amides is 1. The highest BCUT2D eigenvalue weighted by molar-refractivity contribution is 6.03. The van der Waals surface area contributed by atoms with Gasteiger partial charge in [-0.1, -0.05) is 54.6 Å². The van der Waals surface area contributed by atoms with E-state index in [1.807, 2.05) is 72.8 Å². The van der Waals surface area contributed by atoms with Crippen LogP contribution in [0, 0.1) is 0 Å². The SMILES string of the molecule is O=C(CCc1cccnc1)Cc1ccc(OCCc2ccccc2-c2cccc(NC(=O)c3cnc[nH]3)c2)cc1. The monoisotopic (exact) mass is 530 g/mol. The van der Waals surface area contributed by atoms with E-state index in [4.69, 9.17) is 4.74 Å². The van der Waals surface area contributed by atoms with Gasteiger partial charge >= 0.3 is 0 Å². The highest BCUT2D eigenvalue weighted by atomic mass is 16.5. The molecule has 1 amide bonds. The summed E-state index contributed by atoms with van der Waals surface area (Å²) in [5.74, 6) is 0.739. The molecule has 40 heavy (non-hydrogen) atoms. The molecule has 0 spiro atoms. The normalized spacial score (nSPS) is 10.7. The molecule has 5 rings (SSSR count). The standard InChI is InChI=1S/C33H30N4O3/c38-29(13-10-25-5-4-17-34-21-25)19-24-11-14-30(15-12-24)40-18-16-26-6-1-2-9-31(26)27-7-3-8-28(20-27)37-33(39)32-22-35-23-36-32/h1-9,11-12,14-15,17,20-23H,10,13,16,18-19H2,(H,35,36)(H,37,39). The Balaban J connectivity index is 1.14. The van der Waals surface area contributed by atoms with Crippen LogP contribution in [-0.4, -0.2) is 33.2 Å². The molecule has 2 aromatic heterocycles. The van der Waals surface area contributed by atoms with Gasteiger partial charge in [0, 0.05) is 37.3 Å². The molecule has 2 N–H and O–H groups in total. The lowest BCUT2D eigenvalue weighted by atomic mass is 9.97. The van der Waals surface area contributed by atoms with Gasteiger partial charge in [-0.15, -0.1) is 0 Å². The molecule has 0 aliphatic heterocycles. The number of Topliss-reactive ketones (excluding diaryl/α,β-unsaturated/α-hetero) is 1. The molecule has 5 aromatic rings. The lowest BCUT2D eigenvalue weighted by Gasteiger charge is -2.13. The second-order valence-electron chi connectivity index (χ2n) is 9.48. The van der Waals surface area contributed by atoms with Crippen LogP contribution < -0.4 is 10.1 Å². The van der Waals surface area contributed by atoms with E-state index >= 15 is 0 Å². The number of ketones is 1. The van der Waals surface area contributed by atoms with Crippen LogP contribution in [-0.2, 0) is 24.1 Å². The molecule has 0 saturated carbocycles. The molecule has 0 aliphatic carbocycles. The summed E-state index contributed by atoms with van der Waals surface area (Å²) in [4.78, 5) is 35.6. The number of benzene rings is 3. The van der Waals surface area contributed by atoms with E-state index in [9.17, 15) is 9.59 Å². The van der Waals surface area contributed by atoms with Crippen LogP contribution >= 0.6 is 0 Å². The van der Waals surface area contributed by atoms with Gasteiger partial charge < -0.3 is 15.0 Å². The Hall–Kier alpha value is -5.04. The van der Waals surface area contributed by atoms with E-state index in [1.165, 1.54) is 12.5 Å². The molecule has 0 radical (unpaired) electrons. The first-order valence-electron chi connectivity index (χ1n) is 13.2. The van der Waals surface area contributed by atoms with E-state index in [2.05, 4.69) is 32.4 Å². The van der Waals surface area contributed by atoms with Gasteiger partial charge in [0.2, 0.25) is 0 Å². The van der Waals surface area contributed by atoms with Crippen LogP contribution in [0.4, 0.5) is 5.69 Å². The number of nitrogens with zero attached hydrogens (tertiary/aromatic N) is 2. The topological polar surface area (TPSA) is 97.0 Å². The number of H-pyrrole nitrogens is 1. The molecular formula is C33H30N4O3. The van der Waals surface area contributed by atoms with E-state index in [-0.39, 0.29) is 11.7 Å². The number of hydrogen-bond donors (Lipinski definition) is 2. The van der Waals surface area contributed by atoms with E-state index < -0.39 is 0 Å². The lowest BCUT2D eigenvalue weighted by Crippen LogP contribution is -2.12. The fraction of sp³-hybridized carbons (Fsp3) is 0.152. The number of aryl methyl sites for hydroxylation is 1. The minimum atomic E-state index is -0.239. The Morgan fingerprint density at radius 2 is 1.70 bits per heavy atom. The third-order valence-corrected chi connectivity index (χ3v) is 6.57. The number of ether oxygens (including phenoxy) is 1. The summed E-state index contributed by atoms with van der Waals surface area (Å²) in [5, 5.41) is 2.91. The number of anilines is 1. The Morgan fingerprint density at radius 3 is 2.50 bits per heavy atom. The summed E-state index contributed by atoms with van der Waals surface area (Å²) in [5.41, 5.74) is 6.41. The van der Waals surface area contributed by atoms with E-state index in [0.29, 0.717) is 37.3 Å². The van der Waals surface area contributed by atoms with Crippen LogP contribution in [0.5, 0.6) is 5.75 Å². The van der Waals surface area contributed by atoms with Gasteiger partial charge in [-0.2, -0.15) is 0 Å². The van der Waals surface area contributed by atoms with Gasteiger partial charge in [0.15, 0.2) is 0 Å². The number of aromatic amines is 1. The van der Waals surface area contributed by atoms with Gasteiger partial charge in [0.05, 0.1) is 19.1 Å². The number of nitrogens with one attached hydrogen (secondary N) is 2. The summed E-state index contributed by atoms with van der Waals surface area (Å²) in [6, 6.07) is 27.6. The minimum absolute atomic E-state index is 0.207. The second kappa shape index (κ2) is 13.2. The van der Waals surface area contributed by atoms with Gasteiger partial charge in [-0.05, 0) is 64.6 Å². The molecule has 7 heteroatoms. The zero-order valence-electron chi connectivity index (χ0n) is 22.0. The number of carbonyl (C=O) groups is 2. The first kappa shape index (κ1) is 26.6. The summed E-state index contributed by atoms with van der Waals surface area (Å²) in [6.07, 6.45) is 8.85. The maximum atomic E-state index is 12.4. The molecule has 0 atom stereocenters. The third kappa shape index (κ3) is 7.29. The van der Waals surface area contributed by atoms with Gasteiger partial charge in [0.25, 0.3) is 5.91 Å². The Bertz CT molecular complexity index is 1550. The van der Waals surface area contributed by atoms with E-state index in [0.717, 1.165) is 40.0 Å². The van der Waals surface area contributed by atoms with Crippen molar-refractivity contribution in [2.45, 2.75) is 25.7 Å². The van der Waals surface area contributed by atoms with Gasteiger partial charge in [-0.3, -0.25) is 14.6 Å². The number of rotatable bonds is 12. The van der Waals surface area contributed by atoms with Crippen molar-refractivity contribution in [3.8, 4) is 16.9 Å². The van der Waals surface area contributed by atoms with Crippen LogP contribution in [0.15, 0.2) is 110 Å². The summed E-state index contributed by atoms with van der Waals surface area (Å²) < 4.78 is 6.03. The molecule has 3 aromatic carbocycles. The lowest BCUT2D eigenvalue weighted by molar-refractivity contribution is -0.118. The van der Waals surface area contributed by atoms with Crippen LogP contribution in [0.25, 0.3) is 11.1 Å². The van der Waals surface area contributed by atoms with Gasteiger partial charge in [-0.25, -0.2) is 4.98 Å². The minimum Gasteiger partial charge on any atom is -0.493 e. The average Bonchev–Trinajstić information content (AvgIpc) is 3.54. The van der Waals surface area contributed by atoms with Crippen molar-refractivity contribution in [1.82, 2.24) is 15.0 Å². The largest absolute Gasteiger partial charge is 0.493 e. The summed E-state index contributed by atoms with van der Waals surface area (Å²) >= 11 is 0. The van der Waals surface area contributed by atoms with Crippen molar-refractivity contribution in [2.24, 2.45) is 0 Å². The van der Waals surface area contributed by atoms with Crippen LogP contribution in [0.2, 0.25) is 0 Å². The number of pyridine rings is 1. The summed E-state index contributed by atoms with van der Waals surface area (Å²) in [6.45, 7) is 0.511. The van der Waals surface area contributed by atoms with Crippen molar-refractivity contribution in [2.75, 3.05) is 11.9 Å². The molecule has 7 nitrogen and oxygen atoms in total. The first-order valence-corrected chi connectivity index (χ1v) is 13.2. The Labute approximate surface area is 233 Å². The molecule has 2 heterocycles. The van der Waals surface area contributed by atoms with Crippen molar-refractivity contribution < 1.29 is 14.3 Å². The predicted octanol–water partition coefficient (Wildman–Crippen LogP) is 6.09. The second-order valence-corrected chi connectivity index (χ2v) is 9.48. The number of aromatic nitrogens is 3. The Morgan fingerprint density at radius 1 is 0.825 bits per heavy atom. The van der Waals surface area contributed by atoms with Crippen molar-refractivity contribution in [1.29, 1.82) is 0 Å². The van der Waals surface area contributed by atoms with Crippen molar-refractivity contribution in [3.63, 3.8) is 0 Å². The molecule has 0 fully saturated rings. The molecule has 0 saturated heterocycles. The van der Waals surface area contributed by atoms with Crippen molar-refractivity contribution >= 4 is 17.4 Å². The molecule has 0 bridgehead atoms. The molecule has 0 aliphatic rings. The maximum absolute atomic E-state index is 12.4. The highest BCUT2D eigenvalue weighted by Crippen LogP contribution is 2.27. The quantitative estimate of drug-likeness (QED) is 0.203. The fourth-order valence-electron chi connectivity index (χ4n) is 4.49. The predicted molar refractivity (Wildman–Crippen MR) is 155 cm³/mol. The zero-order valence-corrected chi connectivity index (χ0v) is 22.0. The Kier molecular flexibility index (Phi) is 8.73. The van der Waals surface area contributed by atoms with Gasteiger partial charge in [0.1, 0.15) is 17.2 Å². The zero-order chi connectivity index (χ0) is 27.6. The van der Waals surface area contributed by atoms with Crippen molar-refractivity contribution in [3.05, 3.63) is 132 Å². The van der Waals surface area contributed by atoms with Crippen LogP contribution in [0.3, 0.4) is 0 Å². The highest BCUT2D eigenvalue weighted by Gasteiger charge is 2.10. The number of carbonyl (C=O) groups excluding carboxylic acids is 2. The molecular weight excluding hydrogens is 500 g/mol. The molecule has 200 valence electrons. The average molecular weight is 531 g/mol. The number of imidazole rings is 1. The third-order valence-electron chi connectivity index (χ3n) is 6.57. The van der Waals surface area contributed by atoms with E-state index in [1.54, 1.807) is 12.4 Å². The van der Waals surface area contributed by atoms with Crippen LogP contribution in [0.1, 0.15) is 33.6 Å². The first-order chi connectivity index (χ1) is 19.6. The smallest absolute Gasteiger partial charge is 0.273 e. The fourth-order valence-corrected chi connectivity index (χ4v) is 4.49. The maximum Gasteiger partial charge on any atom is 0.273 e. The number of hydrogen-bond acceptors (Lipinski definition) is 5.